The molecule has 0 atom stereocenters. The lowest BCUT2D eigenvalue weighted by Crippen LogP contribution is -2.13. The van der Waals surface area contributed by atoms with Crippen LogP contribution in [0.5, 0.6) is 0 Å². The summed E-state index contributed by atoms with van der Waals surface area (Å²) in [5.74, 6) is -1.13. The van der Waals surface area contributed by atoms with Crippen molar-refractivity contribution >= 4 is 5.91 Å². The zero-order valence-electron chi connectivity index (χ0n) is 9.35. The smallest absolute Gasteiger partial charge is 0.249 e. The first-order chi connectivity index (χ1) is 8.63. The monoisotopic (exact) mass is 240 g/mol. The van der Waals surface area contributed by atoms with Gasteiger partial charge in [-0.25, -0.2) is 4.39 Å². The molecule has 18 heavy (non-hydrogen) atoms. The van der Waals surface area contributed by atoms with Crippen LogP contribution in [-0.4, -0.2) is 5.91 Å². The number of carbonyl (C=O) groups excluding carboxylic acids is 1. The molecule has 2 aromatic carbocycles. The fraction of sp³-hybridized carbons (Fsp3) is 0. The molecule has 0 fully saturated rings. The number of hydrogen-bond acceptors (Lipinski definition) is 2. The van der Waals surface area contributed by atoms with Gasteiger partial charge in [0.15, 0.2) is 0 Å². The summed E-state index contributed by atoms with van der Waals surface area (Å²) in [4.78, 5) is 11.4. The summed E-state index contributed by atoms with van der Waals surface area (Å²) in [7, 11) is 0. The number of amides is 1. The van der Waals surface area contributed by atoms with Gasteiger partial charge in [0, 0.05) is 11.1 Å². The van der Waals surface area contributed by atoms with E-state index in [0.717, 1.165) is 0 Å². The van der Waals surface area contributed by atoms with Crippen LogP contribution >= 0.6 is 0 Å². The zero-order valence-corrected chi connectivity index (χ0v) is 9.35. The summed E-state index contributed by atoms with van der Waals surface area (Å²) in [6.07, 6.45) is 0. The van der Waals surface area contributed by atoms with Gasteiger partial charge in [-0.2, -0.15) is 5.26 Å². The standard InChI is InChI=1S/C14H9FN2O/c15-13-4-2-1-3-11(13)10-6-5-9(8-16)7-12(10)14(17)18/h1-7H,(H2,17,18). The highest BCUT2D eigenvalue weighted by Gasteiger charge is 2.13. The normalized spacial score (nSPS) is 9.78. The van der Waals surface area contributed by atoms with Gasteiger partial charge in [0.25, 0.3) is 0 Å². The lowest BCUT2D eigenvalue weighted by molar-refractivity contribution is 0.100. The molecule has 1 amide bonds. The van der Waals surface area contributed by atoms with Crippen molar-refractivity contribution in [3.05, 3.63) is 59.4 Å². The number of hydrogen-bond donors (Lipinski definition) is 1. The Bertz CT molecular complexity index is 659. The lowest BCUT2D eigenvalue weighted by atomic mass is 9.97. The van der Waals surface area contributed by atoms with Gasteiger partial charge < -0.3 is 5.73 Å². The van der Waals surface area contributed by atoms with Crippen molar-refractivity contribution in [1.29, 1.82) is 5.26 Å². The Morgan fingerprint density at radius 1 is 1.17 bits per heavy atom. The quantitative estimate of drug-likeness (QED) is 0.876. The third-order valence-electron chi connectivity index (χ3n) is 2.58. The van der Waals surface area contributed by atoms with E-state index in [1.54, 1.807) is 18.2 Å². The van der Waals surface area contributed by atoms with Crippen LogP contribution in [0, 0.1) is 17.1 Å². The highest BCUT2D eigenvalue weighted by Crippen LogP contribution is 2.26. The van der Waals surface area contributed by atoms with Crippen LogP contribution in [0.3, 0.4) is 0 Å². The molecule has 0 radical (unpaired) electrons. The van der Waals surface area contributed by atoms with E-state index in [4.69, 9.17) is 11.0 Å². The van der Waals surface area contributed by atoms with Crippen molar-refractivity contribution in [3.63, 3.8) is 0 Å². The zero-order chi connectivity index (χ0) is 13.1. The number of nitrogens with two attached hydrogens (primary N) is 1. The Kier molecular flexibility index (Phi) is 3.07. The van der Waals surface area contributed by atoms with Gasteiger partial charge >= 0.3 is 0 Å². The third-order valence-corrected chi connectivity index (χ3v) is 2.58. The third kappa shape index (κ3) is 2.06. The number of rotatable bonds is 2. The van der Waals surface area contributed by atoms with E-state index in [2.05, 4.69) is 0 Å². The second-order valence-electron chi connectivity index (χ2n) is 3.72. The summed E-state index contributed by atoms with van der Waals surface area (Å²) in [5.41, 5.74) is 6.38. The first kappa shape index (κ1) is 11.8. The molecule has 0 bridgehead atoms. The number of nitrogens with zero attached hydrogens (tertiary/aromatic N) is 1. The Morgan fingerprint density at radius 2 is 1.89 bits per heavy atom. The van der Waals surface area contributed by atoms with Crippen LogP contribution in [0.4, 0.5) is 4.39 Å². The topological polar surface area (TPSA) is 66.9 Å². The van der Waals surface area contributed by atoms with Gasteiger partial charge in [-0.05, 0) is 23.8 Å². The van der Waals surface area contributed by atoms with Gasteiger partial charge in [-0.15, -0.1) is 0 Å². The first-order valence-electron chi connectivity index (χ1n) is 5.22. The predicted molar refractivity (Wildman–Crippen MR) is 65.1 cm³/mol. The van der Waals surface area contributed by atoms with E-state index in [1.807, 2.05) is 6.07 Å². The van der Waals surface area contributed by atoms with Gasteiger partial charge in [-0.1, -0.05) is 24.3 Å². The van der Waals surface area contributed by atoms with Crippen LogP contribution in [0.2, 0.25) is 0 Å². The lowest BCUT2D eigenvalue weighted by Gasteiger charge is -2.08. The molecule has 0 saturated carbocycles. The maximum atomic E-state index is 13.7. The van der Waals surface area contributed by atoms with E-state index in [-0.39, 0.29) is 11.1 Å². The van der Waals surface area contributed by atoms with E-state index in [9.17, 15) is 9.18 Å². The highest BCUT2D eigenvalue weighted by molar-refractivity contribution is 6.00. The van der Waals surface area contributed by atoms with E-state index in [1.165, 1.54) is 24.3 Å². The highest BCUT2D eigenvalue weighted by atomic mass is 19.1. The molecule has 3 nitrogen and oxygen atoms in total. The molecule has 2 rings (SSSR count). The Hall–Kier alpha value is -2.67. The second kappa shape index (κ2) is 4.68. The molecule has 0 aliphatic carbocycles. The van der Waals surface area contributed by atoms with Crippen molar-refractivity contribution in [2.24, 2.45) is 5.73 Å². The number of halogens is 1. The van der Waals surface area contributed by atoms with E-state index >= 15 is 0 Å². The van der Waals surface area contributed by atoms with Crippen LogP contribution in [-0.2, 0) is 0 Å². The summed E-state index contributed by atoms with van der Waals surface area (Å²) < 4.78 is 13.7. The molecular weight excluding hydrogens is 231 g/mol. The van der Waals surface area contributed by atoms with Crippen molar-refractivity contribution in [1.82, 2.24) is 0 Å². The molecule has 0 aliphatic rings. The molecule has 4 heteroatoms. The Morgan fingerprint density at radius 3 is 2.50 bits per heavy atom. The molecule has 0 heterocycles. The molecule has 0 saturated heterocycles. The number of benzene rings is 2. The fourth-order valence-corrected chi connectivity index (χ4v) is 1.73. The molecular formula is C14H9FN2O. The van der Waals surface area contributed by atoms with Crippen LogP contribution in [0.15, 0.2) is 42.5 Å². The van der Waals surface area contributed by atoms with Crippen LogP contribution in [0.25, 0.3) is 11.1 Å². The number of primary amides is 1. The first-order valence-corrected chi connectivity index (χ1v) is 5.22. The van der Waals surface area contributed by atoms with Gasteiger partial charge in [0.05, 0.1) is 11.6 Å². The SMILES string of the molecule is N#Cc1ccc(-c2ccccc2F)c(C(N)=O)c1. The maximum Gasteiger partial charge on any atom is 0.249 e. The molecule has 0 spiro atoms. The summed E-state index contributed by atoms with van der Waals surface area (Å²) in [6.45, 7) is 0. The summed E-state index contributed by atoms with van der Waals surface area (Å²) >= 11 is 0. The number of carbonyl (C=O) groups is 1. The fourth-order valence-electron chi connectivity index (χ4n) is 1.73. The van der Waals surface area contributed by atoms with Crippen molar-refractivity contribution in [2.45, 2.75) is 0 Å². The molecule has 0 aromatic heterocycles. The van der Waals surface area contributed by atoms with Gasteiger partial charge in [0.2, 0.25) is 5.91 Å². The second-order valence-corrected chi connectivity index (χ2v) is 3.72. The van der Waals surface area contributed by atoms with Crippen LogP contribution in [0.1, 0.15) is 15.9 Å². The molecule has 0 unspecified atom stereocenters. The molecule has 0 aliphatic heterocycles. The predicted octanol–water partition coefficient (Wildman–Crippen LogP) is 2.46. The van der Waals surface area contributed by atoms with Crippen molar-refractivity contribution < 1.29 is 9.18 Å². The maximum absolute atomic E-state index is 13.7. The molecule has 2 aromatic rings. The minimum atomic E-state index is -0.689. The van der Waals surface area contributed by atoms with Crippen molar-refractivity contribution in [2.75, 3.05) is 0 Å². The largest absolute Gasteiger partial charge is 0.366 e. The average molecular weight is 240 g/mol. The minimum absolute atomic E-state index is 0.138. The van der Waals surface area contributed by atoms with Gasteiger partial charge in [-0.3, -0.25) is 4.79 Å². The van der Waals surface area contributed by atoms with E-state index < -0.39 is 11.7 Å². The van der Waals surface area contributed by atoms with Crippen molar-refractivity contribution in [3.8, 4) is 17.2 Å². The van der Waals surface area contributed by atoms with Gasteiger partial charge in [0.1, 0.15) is 5.82 Å². The molecule has 2 N–H and O–H groups in total. The number of nitriles is 1. The van der Waals surface area contributed by atoms with Crippen LogP contribution < -0.4 is 5.73 Å². The van der Waals surface area contributed by atoms with E-state index in [0.29, 0.717) is 11.1 Å². The Labute approximate surface area is 103 Å². The average Bonchev–Trinajstić information content (AvgIpc) is 2.38. The molecule has 88 valence electrons. The summed E-state index contributed by atoms with van der Waals surface area (Å²) in [6, 6.07) is 12.4. The minimum Gasteiger partial charge on any atom is -0.366 e. The summed E-state index contributed by atoms with van der Waals surface area (Å²) in [5, 5.41) is 8.78. The Balaban J connectivity index is 2.69.